The molecule has 0 aliphatic rings. The van der Waals surface area contributed by atoms with Crippen LogP contribution < -0.4 is 15.6 Å². The smallest absolute Gasteiger partial charge is 0.405 e. The van der Waals surface area contributed by atoms with Crippen molar-refractivity contribution in [2.45, 2.75) is 73.4 Å². The zero-order chi connectivity index (χ0) is 24.2. The summed E-state index contributed by atoms with van der Waals surface area (Å²) in [5, 5.41) is 13.8. The van der Waals surface area contributed by atoms with Gasteiger partial charge in [-0.3, -0.25) is 4.79 Å². The Hall–Kier alpha value is -1.92. The molecule has 178 valence electrons. The van der Waals surface area contributed by atoms with E-state index in [2.05, 4.69) is 26.1 Å². The number of pyridine rings is 1. The Balaban J connectivity index is 2.98. The molecule has 1 heterocycles. The number of carboxylic acid groups (broad SMARTS) is 1. The number of rotatable bonds is 9. The van der Waals surface area contributed by atoms with Crippen LogP contribution in [0.4, 0.5) is 4.79 Å². The van der Waals surface area contributed by atoms with Crippen LogP contribution >= 0.6 is 23.2 Å². The molecule has 0 spiro atoms. The van der Waals surface area contributed by atoms with Crippen LogP contribution in [0.2, 0.25) is 10.0 Å². The number of nitrogens with zero attached hydrogens (tertiary/aromatic N) is 1. The van der Waals surface area contributed by atoms with Gasteiger partial charge in [-0.1, -0.05) is 71.2 Å². The van der Waals surface area contributed by atoms with Crippen LogP contribution in [0.25, 0.3) is 10.8 Å². The van der Waals surface area contributed by atoms with Gasteiger partial charge in [-0.25, -0.2) is 4.79 Å². The maximum Gasteiger partial charge on any atom is 0.405 e. The van der Waals surface area contributed by atoms with Crippen molar-refractivity contribution in [3.05, 3.63) is 38.2 Å². The highest BCUT2D eigenvalue weighted by molar-refractivity contribution is 6.42. The average molecular weight is 485 g/mol. The fraction of sp³-hybridized carbons (Fsp3) is 0.583. The van der Waals surface area contributed by atoms with Crippen LogP contribution in [0.5, 0.6) is 5.75 Å². The average Bonchev–Trinajstić information content (AvgIpc) is 2.67. The zero-order valence-electron chi connectivity index (χ0n) is 19.7. The summed E-state index contributed by atoms with van der Waals surface area (Å²) in [4.78, 5) is 25.4. The maximum atomic E-state index is 13.7. The number of halogens is 2. The van der Waals surface area contributed by atoms with Gasteiger partial charge in [-0.15, -0.1) is 0 Å². The van der Waals surface area contributed by atoms with Crippen molar-refractivity contribution in [2.75, 3.05) is 6.61 Å². The molecule has 0 aliphatic heterocycles. The lowest BCUT2D eigenvalue weighted by Crippen LogP contribution is -2.40. The first kappa shape index (κ1) is 26.3. The molecule has 8 heteroatoms. The van der Waals surface area contributed by atoms with Crippen molar-refractivity contribution in [3.8, 4) is 5.75 Å². The molecule has 2 rings (SSSR count). The van der Waals surface area contributed by atoms with Gasteiger partial charge in [-0.05, 0) is 36.3 Å². The van der Waals surface area contributed by atoms with Gasteiger partial charge in [0.1, 0.15) is 5.75 Å². The van der Waals surface area contributed by atoms with Crippen molar-refractivity contribution in [1.29, 1.82) is 0 Å². The van der Waals surface area contributed by atoms with Gasteiger partial charge in [0.2, 0.25) is 0 Å². The number of ether oxygens (including phenoxy) is 1. The second-order valence-corrected chi connectivity index (χ2v) is 10.4. The van der Waals surface area contributed by atoms with E-state index in [0.29, 0.717) is 46.3 Å². The topological polar surface area (TPSA) is 80.6 Å². The molecule has 0 fully saturated rings. The summed E-state index contributed by atoms with van der Waals surface area (Å²) in [6.45, 7) is 12.9. The summed E-state index contributed by atoms with van der Waals surface area (Å²) < 4.78 is 7.90. The van der Waals surface area contributed by atoms with Gasteiger partial charge in [0, 0.05) is 11.9 Å². The number of amides is 1. The Labute approximate surface area is 199 Å². The highest BCUT2D eigenvalue weighted by atomic mass is 35.5. The van der Waals surface area contributed by atoms with Crippen molar-refractivity contribution in [2.24, 2.45) is 11.3 Å². The predicted octanol–water partition coefficient (Wildman–Crippen LogP) is 6.89. The molecule has 1 amide bonds. The Morgan fingerprint density at radius 2 is 1.78 bits per heavy atom. The fourth-order valence-corrected chi connectivity index (χ4v) is 3.94. The maximum absolute atomic E-state index is 13.7. The Kier molecular flexibility index (Phi) is 8.89. The normalized spacial score (nSPS) is 12.9. The van der Waals surface area contributed by atoms with Crippen LogP contribution in [0.15, 0.2) is 16.9 Å². The third-order valence-electron chi connectivity index (χ3n) is 5.39. The highest BCUT2D eigenvalue weighted by Gasteiger charge is 2.35. The van der Waals surface area contributed by atoms with Crippen LogP contribution in [0.1, 0.15) is 72.5 Å². The second kappa shape index (κ2) is 10.8. The molecule has 2 aromatic rings. The minimum absolute atomic E-state index is 0.238. The number of unbranched alkanes of at least 4 members (excludes halogenated alkanes) is 1. The van der Waals surface area contributed by atoms with Crippen LogP contribution in [0.3, 0.4) is 0 Å². The standard InChI is InChI=1S/C24H34Cl2N2O4/c1-7-8-11-32-20-15-12-17(25)18(26)13-16(15)22(29)28(10-9-14(2)3)19(20)21(24(4,5)6)27-23(30)31/h12-14,21,27H,7-11H2,1-6H3,(H,30,31). The Bertz CT molecular complexity index is 1030. The molecule has 1 unspecified atom stereocenters. The molecule has 1 aromatic carbocycles. The van der Waals surface area contributed by atoms with Crippen molar-refractivity contribution in [3.63, 3.8) is 0 Å². The molecule has 1 atom stereocenters. The summed E-state index contributed by atoms with van der Waals surface area (Å²) in [5.74, 6) is 0.827. The third-order valence-corrected chi connectivity index (χ3v) is 6.11. The van der Waals surface area contributed by atoms with Crippen molar-refractivity contribution >= 4 is 40.1 Å². The molecule has 32 heavy (non-hydrogen) atoms. The summed E-state index contributed by atoms with van der Waals surface area (Å²) in [6, 6.07) is 2.52. The quantitative estimate of drug-likeness (QED) is 0.379. The summed E-state index contributed by atoms with van der Waals surface area (Å²) >= 11 is 12.6. The number of hydrogen-bond acceptors (Lipinski definition) is 3. The van der Waals surface area contributed by atoms with Crippen LogP contribution in [0, 0.1) is 11.3 Å². The van der Waals surface area contributed by atoms with Gasteiger partial charge < -0.3 is 19.7 Å². The van der Waals surface area contributed by atoms with Crippen LogP contribution in [-0.2, 0) is 6.54 Å². The number of aromatic nitrogens is 1. The van der Waals surface area contributed by atoms with Gasteiger partial charge >= 0.3 is 6.09 Å². The molecular weight excluding hydrogens is 451 g/mol. The third kappa shape index (κ3) is 6.10. The SMILES string of the molecule is CCCCOc1c(C(NC(=O)O)C(C)(C)C)n(CCC(C)C)c(=O)c2cc(Cl)c(Cl)cc12. The van der Waals surface area contributed by atoms with Gasteiger partial charge in [0.05, 0.1) is 33.8 Å². The van der Waals surface area contributed by atoms with E-state index in [1.54, 1.807) is 16.7 Å². The van der Waals surface area contributed by atoms with E-state index >= 15 is 0 Å². The van der Waals surface area contributed by atoms with Crippen molar-refractivity contribution < 1.29 is 14.6 Å². The Morgan fingerprint density at radius 3 is 2.28 bits per heavy atom. The second-order valence-electron chi connectivity index (χ2n) is 9.62. The van der Waals surface area contributed by atoms with Gasteiger partial charge in [0.15, 0.2) is 0 Å². The number of fused-ring (bicyclic) bond motifs is 1. The number of benzene rings is 1. The summed E-state index contributed by atoms with van der Waals surface area (Å²) in [5.41, 5.74) is -0.247. The van der Waals surface area contributed by atoms with E-state index in [4.69, 9.17) is 27.9 Å². The first-order valence-electron chi connectivity index (χ1n) is 11.1. The minimum atomic E-state index is -1.17. The lowest BCUT2D eigenvalue weighted by Gasteiger charge is -2.34. The molecule has 0 saturated carbocycles. The molecule has 0 aliphatic carbocycles. The molecule has 0 bridgehead atoms. The van der Waals surface area contributed by atoms with Gasteiger partial charge in [-0.2, -0.15) is 0 Å². The van der Waals surface area contributed by atoms with E-state index in [9.17, 15) is 14.7 Å². The summed E-state index contributed by atoms with van der Waals surface area (Å²) in [6.07, 6.45) is 1.34. The minimum Gasteiger partial charge on any atom is -0.491 e. The van der Waals surface area contributed by atoms with E-state index in [1.807, 2.05) is 20.8 Å². The fourth-order valence-electron chi connectivity index (χ4n) is 3.61. The highest BCUT2D eigenvalue weighted by Crippen LogP contribution is 2.42. The molecule has 6 nitrogen and oxygen atoms in total. The summed E-state index contributed by atoms with van der Waals surface area (Å²) in [7, 11) is 0. The monoisotopic (exact) mass is 484 g/mol. The lowest BCUT2D eigenvalue weighted by molar-refractivity contribution is 0.170. The largest absolute Gasteiger partial charge is 0.491 e. The van der Waals surface area contributed by atoms with E-state index < -0.39 is 17.6 Å². The molecule has 2 N–H and O–H groups in total. The Morgan fingerprint density at radius 1 is 1.19 bits per heavy atom. The first-order chi connectivity index (χ1) is 14.9. The van der Waals surface area contributed by atoms with E-state index in [1.165, 1.54) is 0 Å². The zero-order valence-corrected chi connectivity index (χ0v) is 21.2. The number of nitrogens with one attached hydrogen (secondary N) is 1. The van der Waals surface area contributed by atoms with Gasteiger partial charge in [0.25, 0.3) is 5.56 Å². The van der Waals surface area contributed by atoms with E-state index in [0.717, 1.165) is 19.3 Å². The molecule has 0 saturated heterocycles. The lowest BCUT2D eigenvalue weighted by atomic mass is 9.83. The molecule has 0 radical (unpaired) electrons. The van der Waals surface area contributed by atoms with E-state index in [-0.39, 0.29) is 10.6 Å². The van der Waals surface area contributed by atoms with Crippen molar-refractivity contribution in [1.82, 2.24) is 9.88 Å². The first-order valence-corrected chi connectivity index (χ1v) is 11.8. The molecule has 1 aromatic heterocycles. The number of carbonyl (C=O) groups is 1. The number of hydrogen-bond donors (Lipinski definition) is 2. The predicted molar refractivity (Wildman–Crippen MR) is 131 cm³/mol. The molecular formula is C24H34Cl2N2O4. The van der Waals surface area contributed by atoms with Crippen LogP contribution in [-0.4, -0.2) is 22.4 Å².